The van der Waals surface area contributed by atoms with Crippen LogP contribution in [0.1, 0.15) is 37.3 Å². The second-order valence-electron chi connectivity index (χ2n) is 7.46. The van der Waals surface area contributed by atoms with E-state index in [4.69, 9.17) is 0 Å². The van der Waals surface area contributed by atoms with Gasteiger partial charge in [-0.05, 0) is 50.9 Å². The summed E-state index contributed by atoms with van der Waals surface area (Å²) in [4.78, 5) is 20.2. The summed E-state index contributed by atoms with van der Waals surface area (Å²) < 4.78 is 0. The van der Waals surface area contributed by atoms with Gasteiger partial charge < -0.3 is 20.1 Å². The number of H-pyrrole nitrogens is 1. The Morgan fingerprint density at radius 2 is 2.16 bits per heavy atom. The van der Waals surface area contributed by atoms with Crippen molar-refractivity contribution in [2.24, 2.45) is 0 Å². The van der Waals surface area contributed by atoms with Crippen molar-refractivity contribution in [1.82, 2.24) is 20.1 Å². The van der Waals surface area contributed by atoms with E-state index in [0.29, 0.717) is 12.0 Å². The molecule has 0 radical (unpaired) electrons. The highest BCUT2D eigenvalue weighted by atomic mass is 16.2. The summed E-state index contributed by atoms with van der Waals surface area (Å²) in [7, 11) is 2.20. The number of carbonyl (C=O) groups excluding carboxylic acids is 1. The molecule has 0 spiro atoms. The highest BCUT2D eigenvalue weighted by Gasteiger charge is 2.39. The number of amides is 2. The quantitative estimate of drug-likeness (QED) is 0.903. The number of hydrogen-bond donors (Lipinski definition) is 2. The Labute approximate surface area is 149 Å². The molecule has 2 heterocycles. The molecule has 2 aromatic rings. The predicted octanol–water partition coefficient (Wildman–Crippen LogP) is 2.93. The molecule has 2 N–H and O–H groups in total. The molecule has 25 heavy (non-hydrogen) atoms. The largest absolute Gasteiger partial charge is 0.361 e. The maximum atomic E-state index is 12.5. The van der Waals surface area contributed by atoms with Gasteiger partial charge in [0.1, 0.15) is 0 Å². The minimum Gasteiger partial charge on any atom is -0.361 e. The fourth-order valence-corrected chi connectivity index (χ4v) is 4.82. The van der Waals surface area contributed by atoms with Gasteiger partial charge in [0, 0.05) is 54.7 Å². The van der Waals surface area contributed by atoms with E-state index in [2.05, 4.69) is 46.6 Å². The number of nitrogens with zero attached hydrogens (tertiary/aromatic N) is 2. The van der Waals surface area contributed by atoms with Crippen LogP contribution in [0.5, 0.6) is 0 Å². The summed E-state index contributed by atoms with van der Waals surface area (Å²) in [6.45, 7) is 6.48. The summed E-state index contributed by atoms with van der Waals surface area (Å²) in [6.07, 6.45) is 4.28. The molecule has 5 nitrogen and oxygen atoms in total. The van der Waals surface area contributed by atoms with Gasteiger partial charge in [0.15, 0.2) is 0 Å². The zero-order valence-electron chi connectivity index (χ0n) is 15.4. The molecule has 2 amide bonds. The van der Waals surface area contributed by atoms with Gasteiger partial charge in [0.05, 0.1) is 0 Å². The lowest BCUT2D eigenvalue weighted by atomic mass is 9.74. The molecule has 1 unspecified atom stereocenters. The Hall–Kier alpha value is -2.01. The molecule has 1 aliphatic carbocycles. The molecule has 1 aromatic heterocycles. The molecule has 1 fully saturated rings. The van der Waals surface area contributed by atoms with Crippen LogP contribution in [0.2, 0.25) is 0 Å². The van der Waals surface area contributed by atoms with Crippen molar-refractivity contribution >= 4 is 16.9 Å². The number of carbonyl (C=O) groups is 1. The van der Waals surface area contributed by atoms with Gasteiger partial charge in [0.25, 0.3) is 0 Å². The number of hydrogen-bond acceptors (Lipinski definition) is 2. The van der Waals surface area contributed by atoms with Crippen LogP contribution in [-0.4, -0.2) is 59.6 Å². The standard InChI is InChI=1S/C20H28N4O/c1-4-24(5-2)20(25)22-14-10-16-15-7-6-8-17-19(15)13(11-21-17)9-18(16)23(3)12-14/h6-8,11,14,16,18,21H,4-5,9-10,12H2,1-3H3,(H,22,25)/t14?,16-,18-/m1/s1. The topological polar surface area (TPSA) is 51.4 Å². The zero-order chi connectivity index (χ0) is 17.6. The van der Waals surface area contributed by atoms with Crippen LogP contribution in [0, 0.1) is 0 Å². The molecule has 4 rings (SSSR count). The first kappa shape index (κ1) is 16.5. The average Bonchev–Trinajstić information content (AvgIpc) is 3.02. The Morgan fingerprint density at radius 3 is 2.92 bits per heavy atom. The molecule has 0 saturated carbocycles. The van der Waals surface area contributed by atoms with Crippen molar-refractivity contribution in [3.8, 4) is 0 Å². The van der Waals surface area contributed by atoms with Crippen molar-refractivity contribution in [2.45, 2.75) is 44.7 Å². The van der Waals surface area contributed by atoms with Crippen molar-refractivity contribution in [3.63, 3.8) is 0 Å². The van der Waals surface area contributed by atoms with Crippen LogP contribution in [0.4, 0.5) is 4.79 Å². The second kappa shape index (κ2) is 6.37. The number of fused-ring (bicyclic) bond motifs is 2. The van der Waals surface area contributed by atoms with Crippen LogP contribution in [0.3, 0.4) is 0 Å². The normalized spacial score (nSPS) is 25.6. The van der Waals surface area contributed by atoms with Crippen LogP contribution in [-0.2, 0) is 6.42 Å². The van der Waals surface area contributed by atoms with Gasteiger partial charge >= 0.3 is 6.03 Å². The number of benzene rings is 1. The van der Waals surface area contributed by atoms with Gasteiger partial charge in [-0.3, -0.25) is 0 Å². The number of likely N-dealkylation sites (tertiary alicyclic amines) is 1. The molecule has 2 aliphatic rings. The first-order valence-corrected chi connectivity index (χ1v) is 9.46. The third-order valence-corrected chi connectivity index (χ3v) is 6.10. The number of likely N-dealkylation sites (N-methyl/N-ethyl adjacent to an activating group) is 1. The Balaban J connectivity index is 1.60. The summed E-state index contributed by atoms with van der Waals surface area (Å²) in [6, 6.07) is 7.38. The monoisotopic (exact) mass is 340 g/mol. The van der Waals surface area contributed by atoms with Crippen molar-refractivity contribution in [3.05, 3.63) is 35.5 Å². The maximum absolute atomic E-state index is 12.5. The molecule has 1 aliphatic heterocycles. The van der Waals surface area contributed by atoms with Crippen LogP contribution < -0.4 is 5.32 Å². The minimum absolute atomic E-state index is 0.0678. The lowest BCUT2D eigenvalue weighted by molar-refractivity contribution is 0.124. The first-order valence-electron chi connectivity index (χ1n) is 9.46. The van der Waals surface area contributed by atoms with E-state index < -0.39 is 0 Å². The summed E-state index contributed by atoms with van der Waals surface area (Å²) in [5.74, 6) is 0.479. The average molecular weight is 340 g/mol. The predicted molar refractivity (Wildman–Crippen MR) is 101 cm³/mol. The number of aromatic amines is 1. The summed E-state index contributed by atoms with van der Waals surface area (Å²) in [5, 5.41) is 4.68. The SMILES string of the molecule is CCN(CC)C(=O)NC1C[C@@H]2c3cccc4[nH]cc(c34)C[C@H]2N(C)C1. The van der Waals surface area contributed by atoms with Crippen LogP contribution in [0.15, 0.2) is 24.4 Å². The smallest absolute Gasteiger partial charge is 0.317 e. The lowest BCUT2D eigenvalue weighted by Gasteiger charge is -2.45. The van der Waals surface area contributed by atoms with Gasteiger partial charge in [-0.1, -0.05) is 12.1 Å². The summed E-state index contributed by atoms with van der Waals surface area (Å²) in [5.41, 5.74) is 4.12. The Morgan fingerprint density at radius 1 is 1.36 bits per heavy atom. The Bertz CT molecular complexity index is 779. The molecule has 134 valence electrons. The fourth-order valence-electron chi connectivity index (χ4n) is 4.82. The highest BCUT2D eigenvalue weighted by Crippen LogP contribution is 2.42. The summed E-state index contributed by atoms with van der Waals surface area (Å²) >= 11 is 0. The van der Waals surface area contributed by atoms with E-state index >= 15 is 0 Å². The van der Waals surface area contributed by atoms with E-state index in [1.165, 1.54) is 22.0 Å². The highest BCUT2D eigenvalue weighted by molar-refractivity contribution is 5.88. The molecular formula is C20H28N4O. The number of nitrogens with one attached hydrogen (secondary N) is 2. The van der Waals surface area contributed by atoms with Crippen LogP contribution >= 0.6 is 0 Å². The molecular weight excluding hydrogens is 312 g/mol. The minimum atomic E-state index is 0.0678. The van der Waals surface area contributed by atoms with Gasteiger partial charge in [-0.2, -0.15) is 0 Å². The molecule has 3 atom stereocenters. The van der Waals surface area contributed by atoms with Gasteiger partial charge in [-0.15, -0.1) is 0 Å². The van der Waals surface area contributed by atoms with E-state index in [9.17, 15) is 4.79 Å². The second-order valence-corrected chi connectivity index (χ2v) is 7.46. The van der Waals surface area contributed by atoms with Gasteiger partial charge in [-0.25, -0.2) is 4.79 Å². The Kier molecular flexibility index (Phi) is 4.20. The van der Waals surface area contributed by atoms with Crippen molar-refractivity contribution < 1.29 is 4.79 Å². The maximum Gasteiger partial charge on any atom is 0.317 e. The van der Waals surface area contributed by atoms with Crippen molar-refractivity contribution in [1.29, 1.82) is 0 Å². The molecule has 1 saturated heterocycles. The molecule has 1 aromatic carbocycles. The third-order valence-electron chi connectivity index (χ3n) is 6.10. The lowest BCUT2D eigenvalue weighted by Crippen LogP contribution is -2.56. The molecule has 5 heteroatoms. The number of aromatic nitrogens is 1. The number of piperidine rings is 1. The molecule has 0 bridgehead atoms. The van der Waals surface area contributed by atoms with Gasteiger partial charge in [0.2, 0.25) is 0 Å². The number of urea groups is 1. The van der Waals surface area contributed by atoms with E-state index in [1.54, 1.807) is 0 Å². The van der Waals surface area contributed by atoms with E-state index in [1.807, 2.05) is 18.7 Å². The fraction of sp³-hybridized carbons (Fsp3) is 0.550. The zero-order valence-corrected chi connectivity index (χ0v) is 15.4. The third kappa shape index (κ3) is 2.71. The van der Waals surface area contributed by atoms with E-state index in [-0.39, 0.29) is 12.1 Å². The van der Waals surface area contributed by atoms with Crippen molar-refractivity contribution in [2.75, 3.05) is 26.7 Å². The van der Waals surface area contributed by atoms with Crippen LogP contribution in [0.25, 0.3) is 10.9 Å². The number of rotatable bonds is 3. The first-order chi connectivity index (χ1) is 12.1. The van der Waals surface area contributed by atoms with E-state index in [0.717, 1.165) is 32.5 Å².